The minimum Gasteiger partial charge on any atom is -0.475 e. The van der Waals surface area contributed by atoms with E-state index in [4.69, 9.17) is 16.3 Å². The van der Waals surface area contributed by atoms with E-state index in [0.717, 1.165) is 28.5 Å². The number of aromatic nitrogens is 1. The molecule has 0 spiro atoms. The number of benzene rings is 1. The largest absolute Gasteiger partial charge is 0.475 e. The van der Waals surface area contributed by atoms with Crippen LogP contribution < -0.4 is 10.1 Å². The quantitative estimate of drug-likeness (QED) is 0.319. The molecule has 1 aromatic carbocycles. The van der Waals surface area contributed by atoms with Crippen molar-refractivity contribution in [2.24, 2.45) is 0 Å². The molecule has 0 fully saturated rings. The Morgan fingerprint density at radius 3 is 2.81 bits per heavy atom. The molecule has 36 heavy (non-hydrogen) atoms. The summed E-state index contributed by atoms with van der Waals surface area (Å²) in [6, 6.07) is 6.57. The van der Waals surface area contributed by atoms with E-state index in [2.05, 4.69) is 10.3 Å². The molecule has 0 amide bonds. The van der Waals surface area contributed by atoms with Crippen LogP contribution in [0.5, 0.6) is 5.88 Å². The molecule has 4 rings (SSSR count). The summed E-state index contributed by atoms with van der Waals surface area (Å²) in [5.41, 5.74) is 3.95. The van der Waals surface area contributed by atoms with Crippen molar-refractivity contribution < 1.29 is 27.4 Å². The fourth-order valence-electron chi connectivity index (χ4n) is 5.08. The van der Waals surface area contributed by atoms with Crippen LogP contribution in [0.15, 0.2) is 36.0 Å². The number of hydrogen-bond acceptors (Lipinski definition) is 5. The van der Waals surface area contributed by atoms with Crippen molar-refractivity contribution in [1.29, 1.82) is 0 Å². The lowest BCUT2D eigenvalue weighted by Gasteiger charge is -2.43. The van der Waals surface area contributed by atoms with Crippen LogP contribution in [0.1, 0.15) is 42.5 Å². The third-order valence-electron chi connectivity index (χ3n) is 6.74. The molecule has 0 saturated heterocycles. The Balaban J connectivity index is 1.71. The van der Waals surface area contributed by atoms with Gasteiger partial charge in [0.25, 0.3) is 5.92 Å². The Hall–Kier alpha value is -2.20. The van der Waals surface area contributed by atoms with Crippen molar-refractivity contribution in [3.63, 3.8) is 0 Å². The van der Waals surface area contributed by atoms with Crippen LogP contribution in [0.25, 0.3) is 5.57 Å². The number of fused-ring (bicyclic) bond motifs is 2. The summed E-state index contributed by atoms with van der Waals surface area (Å²) in [4.78, 5) is 5.51. The molecule has 2 aliphatic rings. The number of hydrogen-bond donors (Lipinski definition) is 2. The predicted octanol–water partition coefficient (Wildman–Crippen LogP) is 4.97. The van der Waals surface area contributed by atoms with Crippen molar-refractivity contribution in [2.45, 2.75) is 44.2 Å². The second kappa shape index (κ2) is 11.5. The van der Waals surface area contributed by atoms with E-state index in [9.17, 15) is 18.3 Å². The van der Waals surface area contributed by atoms with Crippen molar-refractivity contribution in [3.05, 3.63) is 63.6 Å². The van der Waals surface area contributed by atoms with Gasteiger partial charge in [0.1, 0.15) is 24.1 Å². The first kappa shape index (κ1) is 26.9. The standard InChI is InChI=1S/C26H30ClF4N3O2/c1-16-11-19-18-6-3-2-5-17(18)12-20(19)24(34(16)14-26(30,31)15-35)22-21(29)13-33-25(23(22)27)36-10-9-32-8-4-7-28/h2-3,5-6,13,16,24,32,35H,4,7-12,14-15H2,1H3/t16-,24+/m1/s1. The Morgan fingerprint density at radius 2 is 2.06 bits per heavy atom. The molecule has 1 aliphatic carbocycles. The minimum absolute atomic E-state index is 0.00474. The summed E-state index contributed by atoms with van der Waals surface area (Å²) >= 11 is 6.65. The van der Waals surface area contributed by atoms with Gasteiger partial charge in [0.05, 0.1) is 25.5 Å². The van der Waals surface area contributed by atoms with Gasteiger partial charge in [0.15, 0.2) is 0 Å². The Bertz CT molecular complexity index is 1110. The molecule has 1 aliphatic heterocycles. The number of nitrogens with one attached hydrogen (secondary N) is 1. The van der Waals surface area contributed by atoms with E-state index in [-0.39, 0.29) is 29.1 Å². The maximum Gasteiger partial charge on any atom is 0.283 e. The normalized spacial score (nSPS) is 20.0. The molecule has 0 bridgehead atoms. The van der Waals surface area contributed by atoms with E-state index in [1.165, 1.54) is 4.90 Å². The van der Waals surface area contributed by atoms with Gasteiger partial charge in [-0.3, -0.25) is 9.29 Å². The maximum atomic E-state index is 15.4. The predicted molar refractivity (Wildman–Crippen MR) is 131 cm³/mol. The van der Waals surface area contributed by atoms with Crippen molar-refractivity contribution in [2.75, 3.05) is 39.5 Å². The summed E-state index contributed by atoms with van der Waals surface area (Å²) in [7, 11) is 0. The first-order valence-electron chi connectivity index (χ1n) is 12.1. The summed E-state index contributed by atoms with van der Waals surface area (Å²) in [5.74, 6) is -4.09. The van der Waals surface area contributed by atoms with Gasteiger partial charge in [-0.25, -0.2) is 18.2 Å². The van der Waals surface area contributed by atoms with Crippen LogP contribution in [0.2, 0.25) is 5.02 Å². The minimum atomic E-state index is -3.38. The van der Waals surface area contributed by atoms with Gasteiger partial charge in [-0.2, -0.15) is 0 Å². The Kier molecular flexibility index (Phi) is 8.55. The SMILES string of the molecule is C[C@@H]1CC2=C(Cc3ccccc32)[C@@H](c2c(F)cnc(OCCNCCCF)c2Cl)N1CC(F)(F)CO. The highest BCUT2D eigenvalue weighted by atomic mass is 35.5. The highest BCUT2D eigenvalue weighted by Gasteiger charge is 2.45. The molecule has 0 unspecified atom stereocenters. The first-order valence-corrected chi connectivity index (χ1v) is 12.4. The third kappa shape index (κ3) is 5.54. The topological polar surface area (TPSA) is 57.6 Å². The van der Waals surface area contributed by atoms with Crippen LogP contribution in [0.3, 0.4) is 0 Å². The number of pyridine rings is 1. The third-order valence-corrected chi connectivity index (χ3v) is 7.10. The monoisotopic (exact) mass is 527 g/mol. The summed E-state index contributed by atoms with van der Waals surface area (Å²) < 4.78 is 62.3. The molecule has 0 radical (unpaired) electrons. The van der Waals surface area contributed by atoms with Crippen LogP contribution in [-0.4, -0.2) is 66.5 Å². The van der Waals surface area contributed by atoms with Gasteiger partial charge in [0.2, 0.25) is 5.88 Å². The fraction of sp³-hybridized carbons (Fsp3) is 0.500. The second-order valence-electron chi connectivity index (χ2n) is 9.26. The van der Waals surface area contributed by atoms with E-state index < -0.39 is 37.6 Å². The van der Waals surface area contributed by atoms with Gasteiger partial charge in [-0.05, 0) is 55.0 Å². The number of alkyl halides is 3. The molecule has 2 N–H and O–H groups in total. The van der Waals surface area contributed by atoms with Crippen molar-refractivity contribution in [1.82, 2.24) is 15.2 Å². The molecular formula is C26H30ClF4N3O2. The van der Waals surface area contributed by atoms with Gasteiger partial charge < -0.3 is 15.2 Å². The van der Waals surface area contributed by atoms with Crippen LogP contribution in [0, 0.1) is 5.82 Å². The number of rotatable bonds is 11. The summed E-state index contributed by atoms with van der Waals surface area (Å²) in [6.45, 7) is 0.387. The van der Waals surface area contributed by atoms with E-state index in [0.29, 0.717) is 32.4 Å². The Labute approximate surface area is 213 Å². The molecule has 0 saturated carbocycles. The Morgan fingerprint density at radius 1 is 1.28 bits per heavy atom. The highest BCUT2D eigenvalue weighted by Crippen LogP contribution is 2.51. The van der Waals surface area contributed by atoms with Gasteiger partial charge in [-0.15, -0.1) is 0 Å². The zero-order valence-electron chi connectivity index (χ0n) is 20.0. The van der Waals surface area contributed by atoms with E-state index in [1.54, 1.807) is 0 Å². The molecule has 5 nitrogen and oxygen atoms in total. The number of aliphatic hydroxyl groups excluding tert-OH is 1. The van der Waals surface area contributed by atoms with Crippen molar-refractivity contribution >= 4 is 17.2 Å². The molecule has 10 heteroatoms. The number of nitrogens with zero attached hydrogens (tertiary/aromatic N) is 2. The molecule has 2 atom stereocenters. The highest BCUT2D eigenvalue weighted by molar-refractivity contribution is 6.32. The lowest BCUT2D eigenvalue weighted by Crippen LogP contribution is -2.48. The van der Waals surface area contributed by atoms with E-state index >= 15 is 4.39 Å². The number of ether oxygens (including phenoxy) is 1. The summed E-state index contributed by atoms with van der Waals surface area (Å²) in [5, 5.41) is 12.2. The molecule has 196 valence electrons. The average molecular weight is 528 g/mol. The number of aliphatic hydroxyl groups is 1. The van der Waals surface area contributed by atoms with Gasteiger partial charge >= 0.3 is 0 Å². The molecule has 1 aromatic heterocycles. The zero-order chi connectivity index (χ0) is 25.9. The first-order chi connectivity index (χ1) is 17.3. The van der Waals surface area contributed by atoms with E-state index in [1.807, 2.05) is 31.2 Å². The lowest BCUT2D eigenvalue weighted by atomic mass is 9.85. The lowest BCUT2D eigenvalue weighted by molar-refractivity contribution is -0.0859. The van der Waals surface area contributed by atoms with Gasteiger partial charge in [0, 0.05) is 18.2 Å². The smallest absolute Gasteiger partial charge is 0.283 e. The average Bonchev–Trinajstić information content (AvgIpc) is 3.22. The molecule has 2 aromatic rings. The van der Waals surface area contributed by atoms with Crippen LogP contribution in [-0.2, 0) is 6.42 Å². The fourth-order valence-corrected chi connectivity index (χ4v) is 5.37. The summed E-state index contributed by atoms with van der Waals surface area (Å²) in [6.07, 6.45) is 2.38. The maximum absolute atomic E-state index is 15.4. The second-order valence-corrected chi connectivity index (χ2v) is 9.64. The van der Waals surface area contributed by atoms with Gasteiger partial charge in [-0.1, -0.05) is 35.9 Å². The van der Waals surface area contributed by atoms with Crippen LogP contribution >= 0.6 is 11.6 Å². The number of halogens is 5. The van der Waals surface area contributed by atoms with Crippen molar-refractivity contribution in [3.8, 4) is 5.88 Å². The zero-order valence-corrected chi connectivity index (χ0v) is 20.8. The molecular weight excluding hydrogens is 498 g/mol. The van der Waals surface area contributed by atoms with Crippen LogP contribution in [0.4, 0.5) is 17.6 Å². The molecule has 2 heterocycles.